The van der Waals surface area contributed by atoms with Crippen molar-refractivity contribution in [2.45, 2.75) is 33.6 Å². The number of hydrogen-bond acceptors (Lipinski definition) is 4. The fourth-order valence-corrected chi connectivity index (χ4v) is 3.15. The minimum Gasteiger partial charge on any atom is -0.493 e. The fourth-order valence-electron chi connectivity index (χ4n) is 3.15. The van der Waals surface area contributed by atoms with Gasteiger partial charge in [0.2, 0.25) is 11.8 Å². The van der Waals surface area contributed by atoms with Gasteiger partial charge in [-0.1, -0.05) is 23.8 Å². The Morgan fingerprint density at radius 3 is 2.14 bits per heavy atom. The second-order valence-electron chi connectivity index (χ2n) is 6.88. The van der Waals surface area contributed by atoms with Crippen molar-refractivity contribution in [3.05, 3.63) is 52.6 Å². The van der Waals surface area contributed by atoms with Crippen LogP contribution in [0.15, 0.2) is 30.3 Å². The number of aryl methyl sites for hydroxylation is 3. The second kappa shape index (κ2) is 9.26. The molecule has 0 saturated carbocycles. The van der Waals surface area contributed by atoms with E-state index in [-0.39, 0.29) is 18.4 Å². The van der Waals surface area contributed by atoms with Gasteiger partial charge in [-0.25, -0.2) is 0 Å². The number of nitrogens with one attached hydrogen (secondary N) is 2. The summed E-state index contributed by atoms with van der Waals surface area (Å²) in [6, 6.07) is 9.36. The molecule has 6 heteroatoms. The van der Waals surface area contributed by atoms with Crippen LogP contribution in [-0.4, -0.2) is 32.6 Å². The van der Waals surface area contributed by atoms with Crippen LogP contribution in [0.25, 0.3) is 0 Å². The Morgan fingerprint density at radius 2 is 1.57 bits per heavy atom. The van der Waals surface area contributed by atoms with Crippen LogP contribution < -0.4 is 20.1 Å². The molecule has 0 bridgehead atoms. The molecule has 0 aromatic heterocycles. The molecule has 1 atom stereocenters. The van der Waals surface area contributed by atoms with E-state index in [9.17, 15) is 9.59 Å². The number of benzene rings is 2. The third-order valence-electron chi connectivity index (χ3n) is 4.67. The first-order valence-corrected chi connectivity index (χ1v) is 9.14. The summed E-state index contributed by atoms with van der Waals surface area (Å²) in [5, 5.41) is 5.58. The maximum atomic E-state index is 12.5. The van der Waals surface area contributed by atoms with E-state index in [1.165, 1.54) is 0 Å². The highest BCUT2D eigenvalue weighted by atomic mass is 16.5. The van der Waals surface area contributed by atoms with E-state index in [4.69, 9.17) is 9.47 Å². The van der Waals surface area contributed by atoms with E-state index in [1.54, 1.807) is 33.3 Å². The Bertz CT molecular complexity index is 854. The lowest BCUT2D eigenvalue weighted by Gasteiger charge is -2.16. The summed E-state index contributed by atoms with van der Waals surface area (Å²) in [5.74, 6) is 0.225. The van der Waals surface area contributed by atoms with E-state index < -0.39 is 5.92 Å². The molecule has 0 heterocycles. The van der Waals surface area contributed by atoms with Crippen molar-refractivity contribution in [1.29, 1.82) is 0 Å². The molecule has 2 amide bonds. The van der Waals surface area contributed by atoms with E-state index >= 15 is 0 Å². The minimum absolute atomic E-state index is 0.0940. The van der Waals surface area contributed by atoms with Gasteiger partial charge in [0.15, 0.2) is 11.5 Å². The molecule has 2 aromatic carbocycles. The predicted molar refractivity (Wildman–Crippen MR) is 110 cm³/mol. The topological polar surface area (TPSA) is 76.7 Å². The second-order valence-corrected chi connectivity index (χ2v) is 6.88. The monoisotopic (exact) mass is 384 g/mol. The van der Waals surface area contributed by atoms with E-state index in [0.29, 0.717) is 11.5 Å². The molecule has 150 valence electrons. The molecule has 2 aromatic rings. The third-order valence-corrected chi connectivity index (χ3v) is 4.67. The van der Waals surface area contributed by atoms with Gasteiger partial charge in [-0.15, -0.1) is 0 Å². The molecule has 2 rings (SSSR count). The van der Waals surface area contributed by atoms with Crippen LogP contribution in [0.2, 0.25) is 0 Å². The van der Waals surface area contributed by atoms with Crippen molar-refractivity contribution in [1.82, 2.24) is 5.32 Å². The van der Waals surface area contributed by atoms with Crippen LogP contribution in [-0.2, 0) is 9.59 Å². The van der Waals surface area contributed by atoms with Crippen molar-refractivity contribution in [2.24, 2.45) is 0 Å². The van der Waals surface area contributed by atoms with Crippen LogP contribution >= 0.6 is 0 Å². The van der Waals surface area contributed by atoms with Crippen LogP contribution in [0, 0.1) is 20.8 Å². The Morgan fingerprint density at radius 1 is 0.964 bits per heavy atom. The van der Waals surface area contributed by atoms with Gasteiger partial charge in [0.25, 0.3) is 0 Å². The summed E-state index contributed by atoms with van der Waals surface area (Å²) in [6.07, 6.45) is 0. The zero-order valence-electron chi connectivity index (χ0n) is 17.3. The molecule has 0 aliphatic carbocycles. The molecule has 2 N–H and O–H groups in total. The lowest BCUT2D eigenvalue weighted by molar-refractivity contribution is -0.125. The van der Waals surface area contributed by atoms with E-state index in [0.717, 1.165) is 27.9 Å². The largest absolute Gasteiger partial charge is 0.493 e. The molecular weight excluding hydrogens is 356 g/mol. The smallest absolute Gasteiger partial charge is 0.243 e. The van der Waals surface area contributed by atoms with Gasteiger partial charge in [0.1, 0.15) is 0 Å². The summed E-state index contributed by atoms with van der Waals surface area (Å²) < 4.78 is 10.5. The van der Waals surface area contributed by atoms with Gasteiger partial charge >= 0.3 is 0 Å². The maximum absolute atomic E-state index is 12.5. The SMILES string of the molecule is COc1ccc([C@@H](C)C(=O)NCC(=O)Nc2c(C)cc(C)cc2C)cc1OC. The van der Waals surface area contributed by atoms with Crippen molar-refractivity contribution in [3.63, 3.8) is 0 Å². The average molecular weight is 384 g/mol. The predicted octanol–water partition coefficient (Wildman–Crippen LogP) is 3.49. The normalized spacial score (nSPS) is 11.5. The number of amides is 2. The number of carbonyl (C=O) groups excluding carboxylic acids is 2. The first-order valence-electron chi connectivity index (χ1n) is 9.14. The molecule has 0 spiro atoms. The molecule has 0 unspecified atom stereocenters. The highest BCUT2D eigenvalue weighted by Crippen LogP contribution is 2.30. The van der Waals surface area contributed by atoms with Crippen LogP contribution in [0.5, 0.6) is 11.5 Å². The Hall–Kier alpha value is -3.02. The summed E-state index contributed by atoms with van der Waals surface area (Å²) in [6.45, 7) is 7.61. The number of hydrogen-bond donors (Lipinski definition) is 2. The van der Waals surface area contributed by atoms with Gasteiger partial charge in [0, 0.05) is 5.69 Å². The van der Waals surface area contributed by atoms with Crippen molar-refractivity contribution < 1.29 is 19.1 Å². The van der Waals surface area contributed by atoms with Crippen LogP contribution in [0.1, 0.15) is 35.1 Å². The summed E-state index contributed by atoms with van der Waals surface area (Å²) >= 11 is 0. The molecule has 0 aliphatic rings. The minimum atomic E-state index is -0.435. The molecule has 0 aliphatic heterocycles. The molecule has 0 fully saturated rings. The lowest BCUT2D eigenvalue weighted by atomic mass is 10.00. The van der Waals surface area contributed by atoms with Crippen LogP contribution in [0.4, 0.5) is 5.69 Å². The molecule has 28 heavy (non-hydrogen) atoms. The fraction of sp³-hybridized carbons (Fsp3) is 0.364. The van der Waals surface area contributed by atoms with E-state index in [1.807, 2.05) is 39.0 Å². The van der Waals surface area contributed by atoms with Gasteiger partial charge in [-0.2, -0.15) is 0 Å². The average Bonchev–Trinajstić information content (AvgIpc) is 2.67. The van der Waals surface area contributed by atoms with Gasteiger partial charge in [-0.3, -0.25) is 9.59 Å². The van der Waals surface area contributed by atoms with Crippen molar-refractivity contribution in [3.8, 4) is 11.5 Å². The standard InChI is InChI=1S/C22H28N2O4/c1-13-9-14(2)21(15(3)10-13)24-20(25)12-23-22(26)16(4)17-7-8-18(27-5)19(11-17)28-6/h7-11,16H,12H2,1-6H3,(H,23,26)(H,24,25)/t16-/m1/s1. The zero-order chi connectivity index (χ0) is 20.8. The molecule has 0 radical (unpaired) electrons. The first-order chi connectivity index (χ1) is 13.3. The number of ether oxygens (including phenoxy) is 2. The lowest BCUT2D eigenvalue weighted by Crippen LogP contribution is -2.35. The van der Waals surface area contributed by atoms with Gasteiger partial charge < -0.3 is 20.1 Å². The number of anilines is 1. The van der Waals surface area contributed by atoms with Crippen LogP contribution in [0.3, 0.4) is 0 Å². The highest BCUT2D eigenvalue weighted by Gasteiger charge is 2.18. The first kappa shape index (κ1) is 21.3. The van der Waals surface area contributed by atoms with E-state index in [2.05, 4.69) is 10.6 Å². The van der Waals surface area contributed by atoms with Crippen molar-refractivity contribution in [2.75, 3.05) is 26.1 Å². The maximum Gasteiger partial charge on any atom is 0.243 e. The van der Waals surface area contributed by atoms with Gasteiger partial charge in [-0.05, 0) is 56.5 Å². The molecule has 6 nitrogen and oxygen atoms in total. The molecular formula is C22H28N2O4. The quantitative estimate of drug-likeness (QED) is 0.766. The Balaban J connectivity index is 1.99. The van der Waals surface area contributed by atoms with Gasteiger partial charge in [0.05, 0.1) is 26.7 Å². The molecule has 0 saturated heterocycles. The Labute approximate surface area is 166 Å². The summed E-state index contributed by atoms with van der Waals surface area (Å²) in [5.41, 5.74) is 4.70. The van der Waals surface area contributed by atoms with Crippen molar-refractivity contribution >= 4 is 17.5 Å². The zero-order valence-corrected chi connectivity index (χ0v) is 17.3. The third kappa shape index (κ3) is 5.03. The number of carbonyl (C=O) groups is 2. The number of rotatable bonds is 7. The summed E-state index contributed by atoms with van der Waals surface area (Å²) in [7, 11) is 3.11. The summed E-state index contributed by atoms with van der Waals surface area (Å²) in [4.78, 5) is 24.8. The Kier molecular flexibility index (Phi) is 7.04. The number of methoxy groups -OCH3 is 2. The highest BCUT2D eigenvalue weighted by molar-refractivity contribution is 5.96.